The second-order valence-corrected chi connectivity index (χ2v) is 12.0. The Morgan fingerprint density at radius 1 is 1.03 bits per heavy atom. The predicted molar refractivity (Wildman–Crippen MR) is 136 cm³/mol. The monoisotopic (exact) mass is 474 g/mol. The van der Waals surface area contributed by atoms with Gasteiger partial charge in [-0.25, -0.2) is 17.4 Å². The van der Waals surface area contributed by atoms with Crippen molar-refractivity contribution in [2.45, 2.75) is 44.9 Å². The van der Waals surface area contributed by atoms with Crippen LogP contribution in [-0.4, -0.2) is 27.2 Å². The molecule has 0 saturated heterocycles. The van der Waals surface area contributed by atoms with E-state index in [2.05, 4.69) is 43.0 Å². The summed E-state index contributed by atoms with van der Waals surface area (Å²) in [7, 11) is -1.94. The highest BCUT2D eigenvalue weighted by Crippen LogP contribution is 2.41. The topological polar surface area (TPSA) is 69.8 Å². The van der Waals surface area contributed by atoms with Gasteiger partial charge in [-0.05, 0) is 59.9 Å². The summed E-state index contributed by atoms with van der Waals surface area (Å²) >= 11 is 0. The summed E-state index contributed by atoms with van der Waals surface area (Å²) in [5.74, 6) is 0.663. The summed E-state index contributed by atoms with van der Waals surface area (Å²) in [5, 5.41) is 5.11. The molecule has 3 heterocycles. The van der Waals surface area contributed by atoms with E-state index in [1.165, 1.54) is 9.55 Å². The lowest BCUT2D eigenvalue weighted by Gasteiger charge is -2.33. The molecule has 1 atom stereocenters. The molecule has 7 heteroatoms. The molecule has 0 N–H and O–H groups in total. The summed E-state index contributed by atoms with van der Waals surface area (Å²) in [6.07, 6.45) is 12.7. The van der Waals surface area contributed by atoms with Gasteiger partial charge in [-0.3, -0.25) is 4.68 Å². The van der Waals surface area contributed by atoms with E-state index in [0.717, 1.165) is 41.3 Å². The third kappa shape index (κ3) is 3.98. The van der Waals surface area contributed by atoms with Gasteiger partial charge in [0.1, 0.15) is 0 Å². The number of benzene rings is 1. The minimum atomic E-state index is -3.79. The highest BCUT2D eigenvalue weighted by molar-refractivity contribution is 7.90. The summed E-state index contributed by atoms with van der Waals surface area (Å²) in [6.45, 7) is 6.92. The molecule has 0 fully saturated rings. The van der Waals surface area contributed by atoms with Crippen LogP contribution in [0.5, 0.6) is 0 Å². The predicted octanol–water partition coefficient (Wildman–Crippen LogP) is 5.90. The number of pyridine rings is 1. The zero-order chi connectivity index (χ0) is 24.1. The summed E-state index contributed by atoms with van der Waals surface area (Å²) in [5.41, 5.74) is 4.72. The van der Waals surface area contributed by atoms with E-state index >= 15 is 0 Å². The van der Waals surface area contributed by atoms with Crippen LogP contribution in [0.2, 0.25) is 0 Å². The molecule has 1 unspecified atom stereocenters. The molecule has 0 radical (unpaired) electrons. The summed E-state index contributed by atoms with van der Waals surface area (Å²) in [6, 6.07) is 10.6. The second kappa shape index (κ2) is 8.24. The highest BCUT2D eigenvalue weighted by atomic mass is 32.2. The minimum Gasteiger partial charge on any atom is -0.275 e. The molecule has 5 rings (SSSR count). The maximum absolute atomic E-state index is 13.5. The first kappa shape index (κ1) is 22.6. The highest BCUT2D eigenvalue weighted by Gasteiger charge is 2.27. The van der Waals surface area contributed by atoms with E-state index in [4.69, 9.17) is 0 Å². The standard InChI is InChI=1S/C27H30N4O2S/c1-27(2,3)22-12-10-19(11-13-22)20-14-24-25(21-16-29-30(4)17-21)18-31(26(24)28-15-20)34(32,33)23-8-6-5-7-9-23/h5-10,14-18,22H,11-13H2,1-4H3. The van der Waals surface area contributed by atoms with Gasteiger partial charge in [0.2, 0.25) is 0 Å². The lowest BCUT2D eigenvalue weighted by atomic mass is 9.72. The molecule has 0 saturated carbocycles. The fourth-order valence-electron chi connectivity index (χ4n) is 4.82. The minimum absolute atomic E-state index is 0.235. The third-order valence-corrected chi connectivity index (χ3v) is 8.60. The molecule has 176 valence electrons. The van der Waals surface area contributed by atoms with Crippen molar-refractivity contribution in [3.8, 4) is 11.1 Å². The first-order valence-electron chi connectivity index (χ1n) is 11.6. The van der Waals surface area contributed by atoms with Crippen LogP contribution >= 0.6 is 0 Å². The number of aromatic nitrogens is 4. The van der Waals surface area contributed by atoms with Crippen molar-refractivity contribution in [2.75, 3.05) is 0 Å². The molecule has 1 aliphatic rings. The van der Waals surface area contributed by atoms with Crippen molar-refractivity contribution in [3.05, 3.63) is 72.8 Å². The lowest BCUT2D eigenvalue weighted by molar-refractivity contribution is 0.225. The summed E-state index contributed by atoms with van der Waals surface area (Å²) < 4.78 is 30.0. The first-order chi connectivity index (χ1) is 16.1. The van der Waals surface area contributed by atoms with Gasteiger partial charge in [-0.1, -0.05) is 45.0 Å². The lowest BCUT2D eigenvalue weighted by Crippen LogP contribution is -2.22. The Labute approximate surface area is 201 Å². The smallest absolute Gasteiger partial charge is 0.269 e. The Bertz CT molecular complexity index is 1490. The Hall–Kier alpha value is -3.19. The number of aryl methyl sites for hydroxylation is 1. The fourth-order valence-corrected chi connectivity index (χ4v) is 6.16. The van der Waals surface area contributed by atoms with Crippen LogP contribution in [0.25, 0.3) is 27.7 Å². The van der Waals surface area contributed by atoms with Gasteiger partial charge >= 0.3 is 0 Å². The molecular formula is C27H30N4O2S. The van der Waals surface area contributed by atoms with Crippen LogP contribution in [-0.2, 0) is 17.1 Å². The molecule has 1 aromatic carbocycles. The van der Waals surface area contributed by atoms with E-state index in [9.17, 15) is 8.42 Å². The fraction of sp³-hybridized carbons (Fsp3) is 0.333. The maximum Gasteiger partial charge on any atom is 0.269 e. The van der Waals surface area contributed by atoms with Gasteiger partial charge in [0.05, 0.1) is 11.1 Å². The molecule has 1 aliphatic carbocycles. The van der Waals surface area contributed by atoms with Crippen LogP contribution in [0.15, 0.2) is 72.2 Å². The SMILES string of the molecule is Cn1cc(-c2cn(S(=O)(=O)c3ccccc3)c3ncc(C4=CCC(C(C)(C)C)CC4)cc23)cn1. The molecule has 6 nitrogen and oxygen atoms in total. The Kier molecular flexibility index (Phi) is 5.47. The van der Waals surface area contributed by atoms with E-state index < -0.39 is 10.0 Å². The second-order valence-electron chi connectivity index (χ2n) is 10.2. The van der Waals surface area contributed by atoms with Gasteiger partial charge in [-0.2, -0.15) is 5.10 Å². The van der Waals surface area contributed by atoms with Gasteiger partial charge in [0, 0.05) is 42.2 Å². The van der Waals surface area contributed by atoms with Crippen LogP contribution in [0, 0.1) is 11.3 Å². The van der Waals surface area contributed by atoms with E-state index in [1.807, 2.05) is 19.4 Å². The normalized spacial score (nSPS) is 17.2. The van der Waals surface area contributed by atoms with Crippen LogP contribution in [0.1, 0.15) is 45.6 Å². The van der Waals surface area contributed by atoms with Gasteiger partial charge < -0.3 is 0 Å². The Morgan fingerprint density at radius 2 is 1.79 bits per heavy atom. The van der Waals surface area contributed by atoms with Gasteiger partial charge in [0.15, 0.2) is 5.65 Å². The molecule has 0 aliphatic heterocycles. The van der Waals surface area contributed by atoms with E-state index in [-0.39, 0.29) is 4.90 Å². The number of nitrogens with zero attached hydrogens (tertiary/aromatic N) is 4. The van der Waals surface area contributed by atoms with Gasteiger partial charge in [0.25, 0.3) is 10.0 Å². The molecule has 3 aromatic heterocycles. The average Bonchev–Trinajstić information content (AvgIpc) is 3.42. The van der Waals surface area contributed by atoms with Crippen molar-refractivity contribution >= 4 is 26.6 Å². The zero-order valence-electron chi connectivity index (χ0n) is 20.1. The van der Waals surface area contributed by atoms with Crippen LogP contribution < -0.4 is 0 Å². The molecule has 0 amide bonds. The Balaban J connectivity index is 1.65. The third-order valence-electron chi connectivity index (χ3n) is 6.93. The molecule has 34 heavy (non-hydrogen) atoms. The van der Waals surface area contributed by atoms with Crippen molar-refractivity contribution in [1.82, 2.24) is 18.7 Å². The zero-order valence-corrected chi connectivity index (χ0v) is 20.9. The Morgan fingerprint density at radius 3 is 2.41 bits per heavy atom. The number of rotatable bonds is 4. The average molecular weight is 475 g/mol. The number of hydrogen-bond acceptors (Lipinski definition) is 4. The van der Waals surface area contributed by atoms with Crippen molar-refractivity contribution < 1.29 is 8.42 Å². The molecule has 4 aromatic rings. The molecule has 0 bridgehead atoms. The maximum atomic E-state index is 13.5. The van der Waals surface area contributed by atoms with Crippen molar-refractivity contribution in [1.29, 1.82) is 0 Å². The molecule has 0 spiro atoms. The molecular weight excluding hydrogens is 444 g/mol. The largest absolute Gasteiger partial charge is 0.275 e. The number of allylic oxidation sites excluding steroid dienone is 2. The number of fused-ring (bicyclic) bond motifs is 1. The van der Waals surface area contributed by atoms with E-state index in [0.29, 0.717) is 17.0 Å². The van der Waals surface area contributed by atoms with Crippen LogP contribution in [0.3, 0.4) is 0 Å². The number of hydrogen-bond donors (Lipinski definition) is 0. The van der Waals surface area contributed by atoms with Crippen LogP contribution in [0.4, 0.5) is 0 Å². The van der Waals surface area contributed by atoms with Crippen molar-refractivity contribution in [3.63, 3.8) is 0 Å². The first-order valence-corrected chi connectivity index (χ1v) is 13.1. The van der Waals surface area contributed by atoms with E-state index in [1.54, 1.807) is 47.4 Å². The summed E-state index contributed by atoms with van der Waals surface area (Å²) in [4.78, 5) is 4.92. The van der Waals surface area contributed by atoms with Crippen molar-refractivity contribution in [2.24, 2.45) is 18.4 Å². The quantitative estimate of drug-likeness (QED) is 0.369. The van der Waals surface area contributed by atoms with Gasteiger partial charge in [-0.15, -0.1) is 0 Å².